The summed E-state index contributed by atoms with van der Waals surface area (Å²) in [5, 5.41) is 4.31. The molecule has 0 aliphatic carbocycles. The van der Waals surface area contributed by atoms with Crippen LogP contribution in [0.25, 0.3) is 0 Å². The minimum atomic E-state index is -0.928. The zero-order chi connectivity index (χ0) is 25.4. The molecular formula is C25H26F3N3O3S. The van der Waals surface area contributed by atoms with Crippen LogP contribution < -0.4 is 5.32 Å². The molecule has 0 fully saturated rings. The van der Waals surface area contributed by atoms with E-state index < -0.39 is 17.7 Å². The van der Waals surface area contributed by atoms with Gasteiger partial charge in [-0.25, -0.2) is 18.0 Å². The van der Waals surface area contributed by atoms with Gasteiger partial charge in [0.15, 0.2) is 0 Å². The number of amides is 3. The molecule has 186 valence electrons. The van der Waals surface area contributed by atoms with Crippen molar-refractivity contribution in [1.29, 1.82) is 0 Å². The number of benzene rings is 2. The highest BCUT2D eigenvalue weighted by atomic mass is 32.1. The van der Waals surface area contributed by atoms with E-state index in [1.165, 1.54) is 35.5 Å². The molecule has 0 saturated heterocycles. The molecule has 6 nitrogen and oxygen atoms in total. The summed E-state index contributed by atoms with van der Waals surface area (Å²) in [6.45, 7) is 2.38. The Hall–Kier alpha value is -3.37. The van der Waals surface area contributed by atoms with Crippen molar-refractivity contribution in [2.75, 3.05) is 32.1 Å². The van der Waals surface area contributed by atoms with Gasteiger partial charge in [-0.3, -0.25) is 4.79 Å². The van der Waals surface area contributed by atoms with Crippen molar-refractivity contribution < 1.29 is 27.5 Å². The van der Waals surface area contributed by atoms with Crippen LogP contribution in [0, 0.1) is 24.4 Å². The largest absolute Gasteiger partial charge is 0.383 e. The van der Waals surface area contributed by atoms with Gasteiger partial charge in [-0.15, -0.1) is 11.3 Å². The first kappa shape index (κ1) is 26.2. The van der Waals surface area contributed by atoms with E-state index in [0.29, 0.717) is 12.6 Å². The predicted octanol–water partition coefficient (Wildman–Crippen LogP) is 5.18. The van der Waals surface area contributed by atoms with E-state index in [1.54, 1.807) is 17.0 Å². The lowest BCUT2D eigenvalue weighted by Crippen LogP contribution is -2.45. The number of rotatable bonds is 10. The maximum absolute atomic E-state index is 14.0. The highest BCUT2D eigenvalue weighted by Crippen LogP contribution is 2.20. The van der Waals surface area contributed by atoms with E-state index in [9.17, 15) is 22.8 Å². The molecule has 10 heteroatoms. The highest BCUT2D eigenvalue weighted by Gasteiger charge is 2.23. The van der Waals surface area contributed by atoms with Gasteiger partial charge >= 0.3 is 6.03 Å². The number of nitrogens with one attached hydrogen (secondary N) is 1. The van der Waals surface area contributed by atoms with Crippen LogP contribution in [-0.4, -0.2) is 48.5 Å². The fourth-order valence-corrected chi connectivity index (χ4v) is 4.20. The summed E-state index contributed by atoms with van der Waals surface area (Å²) < 4.78 is 45.7. The Morgan fingerprint density at radius 2 is 1.69 bits per heavy atom. The number of anilines is 1. The lowest BCUT2D eigenvalue weighted by atomic mass is 10.2. The SMILES string of the molecule is COCCN(CC(=O)N(Cc1ccc(F)cc1)Cc1sccc1C)C(=O)Nc1ccc(F)cc1F. The summed E-state index contributed by atoms with van der Waals surface area (Å²) in [5.74, 6) is -2.43. The monoisotopic (exact) mass is 505 g/mol. The molecule has 3 aromatic rings. The molecule has 0 aliphatic heterocycles. The number of urea groups is 1. The molecule has 0 bridgehead atoms. The number of hydrogen-bond acceptors (Lipinski definition) is 4. The number of thiophene rings is 1. The quantitative estimate of drug-likeness (QED) is 0.413. The highest BCUT2D eigenvalue weighted by molar-refractivity contribution is 7.10. The van der Waals surface area contributed by atoms with Crippen molar-refractivity contribution in [3.05, 3.63) is 87.4 Å². The molecule has 0 radical (unpaired) electrons. The van der Waals surface area contributed by atoms with Crippen LogP contribution in [-0.2, 0) is 22.6 Å². The Morgan fingerprint density at radius 3 is 2.31 bits per heavy atom. The summed E-state index contributed by atoms with van der Waals surface area (Å²) >= 11 is 1.51. The standard InChI is InChI=1S/C25H26F3N3O3S/c1-17-9-12-35-23(17)15-31(14-18-3-5-19(26)6-4-18)24(32)16-30(10-11-34-2)25(33)29-22-8-7-20(27)13-21(22)28/h3-9,12-13H,10-11,14-16H2,1-2H3,(H,29,33). The van der Waals surface area contributed by atoms with Crippen molar-refractivity contribution in [3.8, 4) is 0 Å². The number of nitrogens with zero attached hydrogens (tertiary/aromatic N) is 2. The summed E-state index contributed by atoms with van der Waals surface area (Å²) in [7, 11) is 1.46. The third kappa shape index (κ3) is 7.56. The molecule has 1 aromatic heterocycles. The third-order valence-corrected chi connectivity index (χ3v) is 6.30. The third-order valence-electron chi connectivity index (χ3n) is 5.29. The Morgan fingerprint density at radius 1 is 0.971 bits per heavy atom. The first-order valence-corrected chi connectivity index (χ1v) is 11.7. The van der Waals surface area contributed by atoms with Crippen LogP contribution in [0.4, 0.5) is 23.7 Å². The fraction of sp³-hybridized carbons (Fsp3) is 0.280. The summed E-state index contributed by atoms with van der Waals surface area (Å²) in [4.78, 5) is 30.0. The van der Waals surface area contributed by atoms with Gasteiger partial charge in [-0.2, -0.15) is 0 Å². The molecule has 3 amide bonds. The number of ether oxygens (including phenoxy) is 1. The molecule has 0 unspecified atom stereocenters. The fourth-order valence-electron chi connectivity index (χ4n) is 3.28. The molecule has 2 aromatic carbocycles. The maximum Gasteiger partial charge on any atom is 0.322 e. The molecule has 35 heavy (non-hydrogen) atoms. The van der Waals surface area contributed by atoms with E-state index in [0.717, 1.165) is 28.1 Å². The van der Waals surface area contributed by atoms with Gasteiger partial charge in [-0.1, -0.05) is 12.1 Å². The summed E-state index contributed by atoms with van der Waals surface area (Å²) in [5.41, 5.74) is 1.56. The van der Waals surface area contributed by atoms with Crippen molar-refractivity contribution in [3.63, 3.8) is 0 Å². The minimum absolute atomic E-state index is 0.0688. The molecule has 0 atom stereocenters. The van der Waals surface area contributed by atoms with Crippen LogP contribution in [0.3, 0.4) is 0 Å². The topological polar surface area (TPSA) is 61.9 Å². The van der Waals surface area contributed by atoms with E-state index >= 15 is 0 Å². The first-order chi connectivity index (χ1) is 16.8. The number of aryl methyl sites for hydroxylation is 1. The van der Waals surface area contributed by atoms with E-state index in [4.69, 9.17) is 4.74 Å². The Bertz CT molecular complexity index is 1150. The van der Waals surface area contributed by atoms with Gasteiger partial charge in [0.1, 0.15) is 24.0 Å². The van der Waals surface area contributed by atoms with Gasteiger partial charge in [0.05, 0.1) is 18.8 Å². The van der Waals surface area contributed by atoms with Crippen LogP contribution >= 0.6 is 11.3 Å². The Kier molecular flexibility index (Phi) is 9.27. The predicted molar refractivity (Wildman–Crippen MR) is 129 cm³/mol. The van der Waals surface area contributed by atoms with E-state index in [1.807, 2.05) is 18.4 Å². The van der Waals surface area contributed by atoms with Crippen molar-refractivity contribution in [2.24, 2.45) is 0 Å². The van der Waals surface area contributed by atoms with E-state index in [2.05, 4.69) is 5.32 Å². The summed E-state index contributed by atoms with van der Waals surface area (Å²) in [6, 6.07) is 9.87. The van der Waals surface area contributed by atoms with Gasteiger partial charge in [0.2, 0.25) is 5.91 Å². The molecule has 1 N–H and O–H groups in total. The maximum atomic E-state index is 14.0. The van der Waals surface area contributed by atoms with Crippen molar-refractivity contribution in [2.45, 2.75) is 20.0 Å². The zero-order valence-corrected chi connectivity index (χ0v) is 20.2. The van der Waals surface area contributed by atoms with Gasteiger partial charge in [-0.05, 0) is 53.8 Å². The molecule has 3 rings (SSSR count). The second-order valence-corrected chi connectivity index (χ2v) is 8.87. The van der Waals surface area contributed by atoms with Crippen LogP contribution in [0.2, 0.25) is 0 Å². The molecule has 0 spiro atoms. The molecule has 1 heterocycles. The molecule has 0 saturated carbocycles. The number of carbonyl (C=O) groups excluding carboxylic acids is 2. The molecule has 0 aliphatic rings. The Labute approximate surface area is 205 Å². The van der Waals surface area contributed by atoms with Crippen molar-refractivity contribution in [1.82, 2.24) is 9.80 Å². The first-order valence-electron chi connectivity index (χ1n) is 10.8. The van der Waals surface area contributed by atoms with Gasteiger partial charge in [0, 0.05) is 31.1 Å². The van der Waals surface area contributed by atoms with Crippen LogP contribution in [0.1, 0.15) is 16.0 Å². The van der Waals surface area contributed by atoms with Crippen LogP contribution in [0.5, 0.6) is 0 Å². The van der Waals surface area contributed by atoms with Gasteiger partial charge in [0.25, 0.3) is 0 Å². The van der Waals surface area contributed by atoms with Gasteiger partial charge < -0.3 is 19.9 Å². The second kappa shape index (κ2) is 12.4. The minimum Gasteiger partial charge on any atom is -0.383 e. The second-order valence-electron chi connectivity index (χ2n) is 7.87. The number of carbonyl (C=O) groups is 2. The smallest absolute Gasteiger partial charge is 0.322 e. The average Bonchev–Trinajstić information content (AvgIpc) is 3.23. The van der Waals surface area contributed by atoms with Crippen molar-refractivity contribution >= 4 is 29.0 Å². The van der Waals surface area contributed by atoms with E-state index in [-0.39, 0.29) is 43.7 Å². The number of hydrogen-bond donors (Lipinski definition) is 1. The normalized spacial score (nSPS) is 10.8. The average molecular weight is 506 g/mol. The lowest BCUT2D eigenvalue weighted by Gasteiger charge is -2.28. The molecular weight excluding hydrogens is 479 g/mol. The zero-order valence-electron chi connectivity index (χ0n) is 19.4. The summed E-state index contributed by atoms with van der Waals surface area (Å²) in [6.07, 6.45) is 0. The number of halogens is 3. The lowest BCUT2D eigenvalue weighted by molar-refractivity contribution is -0.133. The van der Waals surface area contributed by atoms with Crippen LogP contribution in [0.15, 0.2) is 53.9 Å². The number of methoxy groups -OCH3 is 1. The Balaban J connectivity index is 1.78.